The maximum absolute atomic E-state index is 10.9. The summed E-state index contributed by atoms with van der Waals surface area (Å²) >= 11 is 1.41. The molecule has 0 radical (unpaired) electrons. The summed E-state index contributed by atoms with van der Waals surface area (Å²) in [6.45, 7) is 4.41. The second-order valence-electron chi connectivity index (χ2n) is 7.36. The number of ether oxygens (including phenoxy) is 1. The van der Waals surface area contributed by atoms with E-state index in [1.807, 2.05) is 37.3 Å². The quantitative estimate of drug-likeness (QED) is 0.536. The van der Waals surface area contributed by atoms with Crippen LogP contribution in [0.2, 0.25) is 0 Å². The zero-order chi connectivity index (χ0) is 20.6. The van der Waals surface area contributed by atoms with Crippen LogP contribution < -0.4 is 5.32 Å². The average Bonchev–Trinajstić information content (AvgIpc) is 3.34. The monoisotopic (exact) mass is 419 g/mol. The van der Waals surface area contributed by atoms with Crippen molar-refractivity contribution in [3.05, 3.63) is 47.8 Å². The molecule has 1 aromatic carbocycles. The lowest BCUT2D eigenvalue weighted by atomic mass is 9.93. The Morgan fingerprint density at radius 1 is 1.28 bits per heavy atom. The number of amidine groups is 1. The van der Waals surface area contributed by atoms with Crippen LogP contribution in [-0.2, 0) is 16.9 Å². The molecule has 2 fully saturated rings. The highest BCUT2D eigenvalue weighted by Gasteiger charge is 2.49. The van der Waals surface area contributed by atoms with Crippen LogP contribution in [0.25, 0.3) is 0 Å². The number of aromatic nitrogens is 3. The molecule has 6 unspecified atom stereocenters. The van der Waals surface area contributed by atoms with E-state index >= 15 is 0 Å². The molecule has 1 aromatic heterocycles. The molecule has 6 atom stereocenters. The molecule has 4 rings (SSSR count). The van der Waals surface area contributed by atoms with E-state index in [4.69, 9.17) is 4.74 Å². The number of nitrogens with one attached hydrogen (secondary N) is 1. The van der Waals surface area contributed by atoms with Crippen molar-refractivity contribution in [3.63, 3.8) is 0 Å². The fourth-order valence-corrected chi connectivity index (χ4v) is 4.76. The van der Waals surface area contributed by atoms with Crippen molar-refractivity contribution in [2.45, 2.75) is 55.8 Å². The number of aliphatic imine (C=N–C) groups is 1. The molecule has 2 aliphatic rings. The zero-order valence-electron chi connectivity index (χ0n) is 16.2. The Hall–Kier alpha value is -1.98. The highest BCUT2D eigenvalue weighted by molar-refractivity contribution is 8.14. The topological polar surface area (TPSA) is 125 Å². The van der Waals surface area contributed by atoms with Gasteiger partial charge in [0.2, 0.25) is 0 Å². The van der Waals surface area contributed by atoms with Gasteiger partial charge in [-0.15, -0.1) is 5.10 Å². The first kappa shape index (κ1) is 20.3. The van der Waals surface area contributed by atoms with Gasteiger partial charge in [-0.05, 0) is 19.4 Å². The predicted octanol–water partition coefficient (Wildman–Crippen LogP) is 0.0615. The van der Waals surface area contributed by atoms with Crippen molar-refractivity contribution in [1.82, 2.24) is 20.3 Å². The Kier molecular flexibility index (Phi) is 5.63. The minimum Gasteiger partial charge on any atom is -0.388 e. The van der Waals surface area contributed by atoms with Gasteiger partial charge in [0.25, 0.3) is 0 Å². The van der Waals surface area contributed by atoms with E-state index in [1.165, 1.54) is 16.4 Å². The number of hydrogen-bond acceptors (Lipinski definition) is 8. The SMILES string of the molecule is CCN=C1NC2C(OC(Cn3cc(C(C)(O)c4ccccc4)nn3)C(O)C2O)S1. The van der Waals surface area contributed by atoms with Crippen LogP contribution in [0.3, 0.4) is 0 Å². The molecule has 0 bridgehead atoms. The summed E-state index contributed by atoms with van der Waals surface area (Å²) in [7, 11) is 0. The summed E-state index contributed by atoms with van der Waals surface area (Å²) in [6.07, 6.45) is -1.12. The van der Waals surface area contributed by atoms with Crippen LogP contribution in [0.15, 0.2) is 41.5 Å². The van der Waals surface area contributed by atoms with E-state index in [2.05, 4.69) is 20.6 Å². The van der Waals surface area contributed by atoms with Crippen molar-refractivity contribution in [2.75, 3.05) is 6.54 Å². The van der Waals surface area contributed by atoms with Crippen LogP contribution in [0.5, 0.6) is 0 Å². The Bertz CT molecular complexity index is 874. The summed E-state index contributed by atoms with van der Waals surface area (Å²) in [5.74, 6) is 0. The number of benzene rings is 1. The molecule has 2 saturated heterocycles. The molecule has 0 saturated carbocycles. The summed E-state index contributed by atoms with van der Waals surface area (Å²) in [6, 6.07) is 8.81. The first-order valence-corrected chi connectivity index (χ1v) is 10.5. The van der Waals surface area contributed by atoms with Crippen LogP contribution in [0.1, 0.15) is 25.1 Å². The maximum Gasteiger partial charge on any atom is 0.159 e. The minimum absolute atomic E-state index is 0.195. The number of rotatable bonds is 5. The van der Waals surface area contributed by atoms with E-state index in [0.717, 1.165) is 0 Å². The van der Waals surface area contributed by atoms with Gasteiger partial charge in [-0.2, -0.15) is 0 Å². The lowest BCUT2D eigenvalue weighted by Crippen LogP contribution is -2.59. The number of fused-ring (bicyclic) bond motifs is 1. The molecular weight excluding hydrogens is 394 g/mol. The number of hydrogen-bond donors (Lipinski definition) is 4. The first-order valence-electron chi connectivity index (χ1n) is 9.58. The second kappa shape index (κ2) is 8.04. The molecule has 2 aromatic rings. The molecule has 0 amide bonds. The molecule has 0 aliphatic carbocycles. The van der Waals surface area contributed by atoms with Crippen LogP contribution >= 0.6 is 11.8 Å². The Morgan fingerprint density at radius 3 is 2.76 bits per heavy atom. The van der Waals surface area contributed by atoms with Crippen LogP contribution in [0.4, 0.5) is 0 Å². The van der Waals surface area contributed by atoms with Crippen molar-refractivity contribution in [2.24, 2.45) is 4.99 Å². The zero-order valence-corrected chi connectivity index (χ0v) is 17.0. The third kappa shape index (κ3) is 3.90. The summed E-state index contributed by atoms with van der Waals surface area (Å²) in [5, 5.41) is 44.0. The number of aliphatic hydroxyl groups excluding tert-OH is 2. The largest absolute Gasteiger partial charge is 0.388 e. The van der Waals surface area contributed by atoms with Gasteiger partial charge in [-0.25, -0.2) is 4.68 Å². The fraction of sp³-hybridized carbons (Fsp3) is 0.526. The second-order valence-corrected chi connectivity index (χ2v) is 8.44. The molecule has 156 valence electrons. The van der Waals surface area contributed by atoms with Gasteiger partial charge >= 0.3 is 0 Å². The van der Waals surface area contributed by atoms with Crippen LogP contribution in [-0.4, -0.2) is 71.8 Å². The first-order chi connectivity index (χ1) is 13.9. The molecule has 3 heterocycles. The van der Waals surface area contributed by atoms with Gasteiger partial charge in [0, 0.05) is 6.54 Å². The number of aliphatic hydroxyl groups is 3. The molecule has 0 spiro atoms. The van der Waals surface area contributed by atoms with Gasteiger partial charge < -0.3 is 25.4 Å². The van der Waals surface area contributed by atoms with Crippen molar-refractivity contribution in [1.29, 1.82) is 0 Å². The van der Waals surface area contributed by atoms with Gasteiger partial charge in [-0.3, -0.25) is 4.99 Å². The lowest BCUT2D eigenvalue weighted by molar-refractivity contribution is -0.160. The Balaban J connectivity index is 1.48. The molecule has 2 aliphatic heterocycles. The van der Waals surface area contributed by atoms with E-state index in [9.17, 15) is 15.3 Å². The average molecular weight is 420 g/mol. The summed E-state index contributed by atoms with van der Waals surface area (Å²) in [5.41, 5.74) is -0.552. The molecule has 29 heavy (non-hydrogen) atoms. The van der Waals surface area contributed by atoms with Gasteiger partial charge in [0.1, 0.15) is 35.0 Å². The summed E-state index contributed by atoms with van der Waals surface area (Å²) < 4.78 is 7.53. The Morgan fingerprint density at radius 2 is 2.03 bits per heavy atom. The number of thioether (sulfide) groups is 1. The third-order valence-electron chi connectivity index (χ3n) is 5.26. The highest BCUT2D eigenvalue weighted by atomic mass is 32.2. The predicted molar refractivity (Wildman–Crippen MR) is 108 cm³/mol. The van der Waals surface area contributed by atoms with Crippen molar-refractivity contribution >= 4 is 16.9 Å². The van der Waals surface area contributed by atoms with Crippen molar-refractivity contribution in [3.8, 4) is 0 Å². The minimum atomic E-state index is -1.30. The van der Waals surface area contributed by atoms with E-state index in [-0.39, 0.29) is 12.0 Å². The Labute approximate surface area is 172 Å². The standard InChI is InChI=1S/C19H25N5O4S/c1-3-20-18-21-14-16(26)15(25)12(28-17(14)29-18)9-24-10-13(22-23-24)19(2,27)11-7-5-4-6-8-11/h4-8,10,12,14-17,25-27H,3,9H2,1-2H3,(H,20,21). The van der Waals surface area contributed by atoms with E-state index in [0.29, 0.717) is 23.0 Å². The molecule has 9 nitrogen and oxygen atoms in total. The van der Waals surface area contributed by atoms with E-state index < -0.39 is 30.0 Å². The van der Waals surface area contributed by atoms with E-state index in [1.54, 1.807) is 13.1 Å². The normalized spacial score (nSPS) is 32.6. The molecule has 10 heteroatoms. The molecule has 4 N–H and O–H groups in total. The highest BCUT2D eigenvalue weighted by Crippen LogP contribution is 2.34. The van der Waals surface area contributed by atoms with Gasteiger partial charge in [0.05, 0.1) is 18.8 Å². The summed E-state index contributed by atoms with van der Waals surface area (Å²) in [4.78, 5) is 4.32. The maximum atomic E-state index is 10.9. The van der Waals surface area contributed by atoms with Crippen LogP contribution in [0, 0.1) is 0 Å². The lowest BCUT2D eigenvalue weighted by Gasteiger charge is -2.38. The molecular formula is C19H25N5O4S. The van der Waals surface area contributed by atoms with Gasteiger partial charge in [0.15, 0.2) is 5.17 Å². The third-order valence-corrected chi connectivity index (χ3v) is 6.37. The van der Waals surface area contributed by atoms with Crippen molar-refractivity contribution < 1.29 is 20.1 Å². The fourth-order valence-electron chi connectivity index (χ4n) is 3.56. The van der Waals surface area contributed by atoms with Gasteiger partial charge in [-0.1, -0.05) is 47.3 Å². The number of nitrogens with zero attached hydrogens (tertiary/aromatic N) is 4. The smallest absolute Gasteiger partial charge is 0.159 e.